The van der Waals surface area contributed by atoms with Crippen LogP contribution in [0.2, 0.25) is 0 Å². The van der Waals surface area contributed by atoms with Gasteiger partial charge in [0.15, 0.2) is 0 Å². The first kappa shape index (κ1) is 14.0. The maximum absolute atomic E-state index is 10.1. The van der Waals surface area contributed by atoms with Crippen molar-refractivity contribution in [1.29, 1.82) is 0 Å². The van der Waals surface area contributed by atoms with Gasteiger partial charge in [0.05, 0.1) is 12.7 Å². The van der Waals surface area contributed by atoms with Crippen LogP contribution >= 0.6 is 0 Å². The zero-order chi connectivity index (χ0) is 12.8. The number of rotatable bonds is 6. The van der Waals surface area contributed by atoms with Crippen molar-refractivity contribution in [3.63, 3.8) is 0 Å². The summed E-state index contributed by atoms with van der Waals surface area (Å²) in [6.07, 6.45) is -0.454. The highest BCUT2D eigenvalue weighted by molar-refractivity contribution is 5.42. The van der Waals surface area contributed by atoms with E-state index in [0.29, 0.717) is 13.2 Å². The van der Waals surface area contributed by atoms with Crippen LogP contribution in [0.25, 0.3) is 0 Å². The van der Waals surface area contributed by atoms with Crippen LogP contribution in [-0.4, -0.2) is 24.8 Å². The molecule has 96 valence electrons. The average molecular weight is 237 g/mol. The number of hydrogen-bond acceptors (Lipinski definition) is 3. The molecule has 2 N–H and O–H groups in total. The molecule has 1 rings (SSSR count). The van der Waals surface area contributed by atoms with E-state index in [1.807, 2.05) is 39.8 Å². The number of aryl methyl sites for hydroxylation is 2. The van der Waals surface area contributed by atoms with Crippen molar-refractivity contribution >= 4 is 0 Å². The van der Waals surface area contributed by atoms with Gasteiger partial charge in [-0.15, -0.1) is 0 Å². The Labute approximate surface area is 104 Å². The van der Waals surface area contributed by atoms with E-state index in [1.165, 1.54) is 0 Å². The number of ether oxygens (including phenoxy) is 1. The predicted octanol–water partition coefficient (Wildman–Crippen LogP) is 2.35. The summed E-state index contributed by atoms with van der Waals surface area (Å²) in [5, 5.41) is 13.2. The molecule has 3 heteroatoms. The van der Waals surface area contributed by atoms with E-state index in [0.717, 1.165) is 29.0 Å². The SMILES string of the molecule is CCNCC(O)c1cc(C)c(OCC)cc1C. The largest absolute Gasteiger partial charge is 0.494 e. The maximum atomic E-state index is 10.1. The molecule has 0 saturated heterocycles. The van der Waals surface area contributed by atoms with Crippen LogP contribution in [0.5, 0.6) is 5.75 Å². The summed E-state index contributed by atoms with van der Waals surface area (Å²) >= 11 is 0. The highest BCUT2D eigenvalue weighted by atomic mass is 16.5. The zero-order valence-corrected chi connectivity index (χ0v) is 11.2. The van der Waals surface area contributed by atoms with Crippen molar-refractivity contribution in [2.75, 3.05) is 19.7 Å². The summed E-state index contributed by atoms with van der Waals surface area (Å²) in [5.74, 6) is 0.907. The minimum atomic E-state index is -0.454. The minimum Gasteiger partial charge on any atom is -0.494 e. The number of aliphatic hydroxyl groups excluding tert-OH is 1. The Balaban J connectivity index is 2.90. The molecule has 17 heavy (non-hydrogen) atoms. The van der Waals surface area contributed by atoms with Crippen molar-refractivity contribution in [2.45, 2.75) is 33.8 Å². The lowest BCUT2D eigenvalue weighted by Gasteiger charge is -2.17. The first-order valence-electron chi connectivity index (χ1n) is 6.22. The van der Waals surface area contributed by atoms with E-state index in [1.54, 1.807) is 0 Å². The number of nitrogens with one attached hydrogen (secondary N) is 1. The fourth-order valence-electron chi connectivity index (χ4n) is 1.87. The standard InChI is InChI=1S/C14H23NO2/c1-5-15-9-13(16)12-7-11(4)14(17-6-2)8-10(12)3/h7-8,13,15-16H,5-6,9H2,1-4H3. The Morgan fingerprint density at radius 1 is 1.24 bits per heavy atom. The van der Waals surface area contributed by atoms with Gasteiger partial charge in [0, 0.05) is 6.54 Å². The molecule has 1 atom stereocenters. The van der Waals surface area contributed by atoms with Gasteiger partial charge in [0.1, 0.15) is 5.75 Å². The molecule has 0 saturated carbocycles. The molecule has 1 aromatic rings. The molecule has 0 fully saturated rings. The minimum absolute atomic E-state index is 0.454. The third kappa shape index (κ3) is 3.72. The smallest absolute Gasteiger partial charge is 0.122 e. The fourth-order valence-corrected chi connectivity index (χ4v) is 1.87. The number of hydrogen-bond donors (Lipinski definition) is 2. The third-order valence-corrected chi connectivity index (χ3v) is 2.81. The second-order valence-electron chi connectivity index (χ2n) is 4.23. The van der Waals surface area contributed by atoms with Crippen LogP contribution in [-0.2, 0) is 0 Å². The second kappa shape index (κ2) is 6.62. The van der Waals surface area contributed by atoms with Gasteiger partial charge in [-0.3, -0.25) is 0 Å². The lowest BCUT2D eigenvalue weighted by Crippen LogP contribution is -2.21. The Morgan fingerprint density at radius 2 is 1.94 bits per heavy atom. The van der Waals surface area contributed by atoms with Gasteiger partial charge in [-0.25, -0.2) is 0 Å². The van der Waals surface area contributed by atoms with Gasteiger partial charge < -0.3 is 15.2 Å². The Kier molecular flexibility index (Phi) is 5.45. The van der Waals surface area contributed by atoms with Crippen molar-refractivity contribution in [2.24, 2.45) is 0 Å². The summed E-state index contributed by atoms with van der Waals surface area (Å²) in [6, 6.07) is 4.02. The summed E-state index contributed by atoms with van der Waals surface area (Å²) < 4.78 is 5.54. The fraction of sp³-hybridized carbons (Fsp3) is 0.571. The van der Waals surface area contributed by atoms with Crippen LogP contribution in [0.4, 0.5) is 0 Å². The molecular formula is C14H23NO2. The predicted molar refractivity (Wildman–Crippen MR) is 70.6 cm³/mol. The number of benzene rings is 1. The Bertz CT molecular complexity index is 363. The van der Waals surface area contributed by atoms with E-state index >= 15 is 0 Å². The van der Waals surface area contributed by atoms with Crippen LogP contribution in [0.3, 0.4) is 0 Å². The Morgan fingerprint density at radius 3 is 2.53 bits per heavy atom. The molecule has 0 aliphatic rings. The third-order valence-electron chi connectivity index (χ3n) is 2.81. The van der Waals surface area contributed by atoms with Crippen molar-refractivity contribution in [3.8, 4) is 5.75 Å². The molecule has 0 aromatic heterocycles. The van der Waals surface area contributed by atoms with Crippen molar-refractivity contribution in [3.05, 3.63) is 28.8 Å². The van der Waals surface area contributed by atoms with Crippen LogP contribution in [0.15, 0.2) is 12.1 Å². The molecule has 0 heterocycles. The molecule has 0 aliphatic carbocycles. The molecule has 0 radical (unpaired) electrons. The van der Waals surface area contributed by atoms with Crippen LogP contribution < -0.4 is 10.1 Å². The van der Waals surface area contributed by atoms with E-state index in [2.05, 4.69) is 5.32 Å². The summed E-state index contributed by atoms with van der Waals surface area (Å²) in [7, 11) is 0. The highest BCUT2D eigenvalue weighted by Crippen LogP contribution is 2.26. The molecular weight excluding hydrogens is 214 g/mol. The average Bonchev–Trinajstić information content (AvgIpc) is 2.30. The van der Waals surface area contributed by atoms with Gasteiger partial charge in [-0.1, -0.05) is 6.92 Å². The second-order valence-corrected chi connectivity index (χ2v) is 4.23. The Hall–Kier alpha value is -1.06. The van der Waals surface area contributed by atoms with E-state index in [-0.39, 0.29) is 0 Å². The van der Waals surface area contributed by atoms with Crippen molar-refractivity contribution in [1.82, 2.24) is 5.32 Å². The lowest BCUT2D eigenvalue weighted by molar-refractivity contribution is 0.174. The molecule has 0 amide bonds. The highest BCUT2D eigenvalue weighted by Gasteiger charge is 2.12. The lowest BCUT2D eigenvalue weighted by atomic mass is 10.00. The van der Waals surface area contributed by atoms with Gasteiger partial charge in [0.25, 0.3) is 0 Å². The summed E-state index contributed by atoms with van der Waals surface area (Å²) in [5.41, 5.74) is 3.12. The molecule has 0 bridgehead atoms. The molecule has 0 spiro atoms. The quantitative estimate of drug-likeness (QED) is 0.798. The zero-order valence-electron chi connectivity index (χ0n) is 11.2. The number of aliphatic hydroxyl groups is 1. The molecule has 1 unspecified atom stereocenters. The molecule has 3 nitrogen and oxygen atoms in total. The van der Waals surface area contributed by atoms with E-state index in [9.17, 15) is 5.11 Å². The molecule has 1 aromatic carbocycles. The first-order valence-corrected chi connectivity index (χ1v) is 6.22. The molecule has 0 aliphatic heterocycles. The normalized spacial score (nSPS) is 12.5. The summed E-state index contributed by atoms with van der Waals surface area (Å²) in [4.78, 5) is 0. The first-order chi connectivity index (χ1) is 8.10. The van der Waals surface area contributed by atoms with Gasteiger partial charge in [-0.05, 0) is 56.1 Å². The monoisotopic (exact) mass is 237 g/mol. The van der Waals surface area contributed by atoms with Gasteiger partial charge in [0.2, 0.25) is 0 Å². The van der Waals surface area contributed by atoms with Gasteiger partial charge in [-0.2, -0.15) is 0 Å². The van der Waals surface area contributed by atoms with E-state index in [4.69, 9.17) is 4.74 Å². The maximum Gasteiger partial charge on any atom is 0.122 e. The van der Waals surface area contributed by atoms with Gasteiger partial charge >= 0.3 is 0 Å². The van der Waals surface area contributed by atoms with E-state index < -0.39 is 6.10 Å². The topological polar surface area (TPSA) is 41.5 Å². The van der Waals surface area contributed by atoms with Crippen LogP contribution in [0, 0.1) is 13.8 Å². The number of likely N-dealkylation sites (N-methyl/N-ethyl adjacent to an activating group) is 1. The summed E-state index contributed by atoms with van der Waals surface area (Å²) in [6.45, 7) is 10.1. The van der Waals surface area contributed by atoms with Crippen molar-refractivity contribution < 1.29 is 9.84 Å². The van der Waals surface area contributed by atoms with Crippen LogP contribution in [0.1, 0.15) is 36.6 Å².